The highest BCUT2D eigenvalue weighted by atomic mass is 19.1. The number of aromatic nitrogens is 2. The fraction of sp³-hybridized carbons (Fsp3) is 0.824. The number of hydrogen-bond donors (Lipinski definition) is 1. The third kappa shape index (κ3) is 3.05. The lowest BCUT2D eigenvalue weighted by Crippen LogP contribution is -2.41. The molecule has 1 aromatic rings. The van der Waals surface area contributed by atoms with Crippen LogP contribution in [0.25, 0.3) is 0 Å². The lowest BCUT2D eigenvalue weighted by molar-refractivity contribution is 0.149. The zero-order valence-electron chi connectivity index (χ0n) is 14.2. The molecular weight excluding hydrogens is 311 g/mol. The van der Waals surface area contributed by atoms with Gasteiger partial charge < -0.3 is 15.2 Å². The highest BCUT2D eigenvalue weighted by molar-refractivity contribution is 5.23. The molecule has 4 rings (SSSR count). The number of nitrogens with two attached hydrogens (primary N) is 1. The Morgan fingerprint density at radius 1 is 1.38 bits per heavy atom. The van der Waals surface area contributed by atoms with Gasteiger partial charge in [0.25, 0.3) is 0 Å². The summed E-state index contributed by atoms with van der Waals surface area (Å²) >= 11 is 0. The number of alkyl halides is 1. The normalized spacial score (nSPS) is 34.6. The van der Waals surface area contributed by atoms with Crippen LogP contribution >= 0.6 is 0 Å². The number of hydrogen-bond acceptors (Lipinski definition) is 5. The maximum absolute atomic E-state index is 13.9. The molecule has 24 heavy (non-hydrogen) atoms. The Hall–Kier alpha value is -1.18. The fourth-order valence-corrected chi connectivity index (χ4v) is 3.87. The van der Waals surface area contributed by atoms with Crippen LogP contribution in [0.15, 0.2) is 6.20 Å². The van der Waals surface area contributed by atoms with Gasteiger partial charge in [-0.25, -0.2) is 4.39 Å². The van der Waals surface area contributed by atoms with Crippen LogP contribution in [0.3, 0.4) is 0 Å². The lowest BCUT2D eigenvalue weighted by atomic mass is 9.93. The monoisotopic (exact) mass is 338 g/mol. The molecule has 0 radical (unpaired) electrons. The largest absolute Gasteiger partial charge is 0.490 e. The number of rotatable bonds is 5. The van der Waals surface area contributed by atoms with Crippen molar-refractivity contribution in [1.82, 2.24) is 14.7 Å². The molecule has 1 saturated carbocycles. The van der Waals surface area contributed by atoms with E-state index in [1.807, 2.05) is 17.8 Å². The van der Waals surface area contributed by atoms with Crippen LogP contribution in [0.4, 0.5) is 4.39 Å². The van der Waals surface area contributed by atoms with Crippen molar-refractivity contribution in [2.45, 2.75) is 50.5 Å². The van der Waals surface area contributed by atoms with E-state index in [2.05, 4.69) is 10.00 Å². The SMILES string of the molecule is Cc1nn(C2CCC2)cc1OCC1CN(C2COCC2F)CC1N. The molecule has 7 heteroatoms. The molecule has 3 aliphatic rings. The summed E-state index contributed by atoms with van der Waals surface area (Å²) < 4.78 is 27.2. The first kappa shape index (κ1) is 16.3. The summed E-state index contributed by atoms with van der Waals surface area (Å²) in [6.07, 6.45) is 4.81. The van der Waals surface area contributed by atoms with E-state index in [1.54, 1.807) is 0 Å². The minimum absolute atomic E-state index is 0.0137. The molecule has 4 atom stereocenters. The summed E-state index contributed by atoms with van der Waals surface area (Å²) in [5.41, 5.74) is 7.19. The Kier molecular flexibility index (Phi) is 4.49. The van der Waals surface area contributed by atoms with Crippen molar-refractivity contribution in [1.29, 1.82) is 0 Å². The van der Waals surface area contributed by atoms with Crippen LogP contribution in [0.5, 0.6) is 5.75 Å². The van der Waals surface area contributed by atoms with Gasteiger partial charge in [0.1, 0.15) is 11.9 Å². The molecule has 4 unspecified atom stereocenters. The topological polar surface area (TPSA) is 65.5 Å². The second-order valence-corrected chi connectivity index (χ2v) is 7.45. The maximum atomic E-state index is 13.9. The second-order valence-electron chi connectivity index (χ2n) is 7.45. The van der Waals surface area contributed by atoms with Crippen molar-refractivity contribution in [3.05, 3.63) is 11.9 Å². The smallest absolute Gasteiger partial charge is 0.160 e. The van der Waals surface area contributed by atoms with E-state index in [9.17, 15) is 4.39 Å². The predicted octanol–water partition coefficient (Wildman–Crippen LogP) is 1.29. The Labute approximate surface area is 142 Å². The third-order valence-electron chi connectivity index (χ3n) is 5.75. The van der Waals surface area contributed by atoms with Crippen molar-refractivity contribution >= 4 is 0 Å². The summed E-state index contributed by atoms with van der Waals surface area (Å²) in [4.78, 5) is 2.13. The predicted molar refractivity (Wildman–Crippen MR) is 87.9 cm³/mol. The van der Waals surface area contributed by atoms with Gasteiger partial charge in [-0.05, 0) is 26.2 Å². The number of likely N-dealkylation sites (tertiary alicyclic amines) is 1. The van der Waals surface area contributed by atoms with Crippen LogP contribution in [0.2, 0.25) is 0 Å². The van der Waals surface area contributed by atoms with Gasteiger partial charge in [-0.15, -0.1) is 0 Å². The van der Waals surface area contributed by atoms with E-state index >= 15 is 0 Å². The molecular formula is C17H27FN4O2. The summed E-state index contributed by atoms with van der Waals surface area (Å²) in [5, 5.41) is 4.57. The Morgan fingerprint density at radius 3 is 2.88 bits per heavy atom. The number of halogens is 1. The fourth-order valence-electron chi connectivity index (χ4n) is 3.87. The highest BCUT2D eigenvalue weighted by Gasteiger charge is 2.40. The average molecular weight is 338 g/mol. The highest BCUT2D eigenvalue weighted by Crippen LogP contribution is 2.33. The summed E-state index contributed by atoms with van der Waals surface area (Å²) in [5.74, 6) is 1.06. The van der Waals surface area contributed by atoms with Crippen LogP contribution in [0, 0.1) is 12.8 Å². The molecule has 1 aliphatic carbocycles. The van der Waals surface area contributed by atoms with Crippen LogP contribution in [-0.2, 0) is 4.74 Å². The first-order chi connectivity index (χ1) is 11.6. The standard InChI is InChI=1S/C17H27FN4O2/c1-11-17(7-22(20-11)13-3-2-4-13)24-8-12-5-21(6-15(12)19)16-10-23-9-14(16)18/h7,12-16H,2-6,8-10,19H2,1H3. The molecule has 0 aromatic carbocycles. The Morgan fingerprint density at radius 2 is 2.21 bits per heavy atom. The van der Waals surface area contributed by atoms with E-state index in [-0.39, 0.29) is 24.6 Å². The molecule has 2 saturated heterocycles. The molecule has 6 nitrogen and oxygen atoms in total. The van der Waals surface area contributed by atoms with Crippen molar-refractivity contribution in [2.75, 3.05) is 32.9 Å². The Balaban J connectivity index is 1.33. The molecule has 134 valence electrons. The Bertz CT molecular complexity index is 577. The van der Waals surface area contributed by atoms with E-state index in [0.717, 1.165) is 18.0 Å². The molecule has 1 aromatic heterocycles. The minimum Gasteiger partial charge on any atom is -0.490 e. The summed E-state index contributed by atoms with van der Waals surface area (Å²) in [6, 6.07) is 0.401. The molecule has 0 amide bonds. The van der Waals surface area contributed by atoms with Gasteiger partial charge in [-0.2, -0.15) is 5.10 Å². The molecule has 0 bridgehead atoms. The zero-order chi connectivity index (χ0) is 16.7. The van der Waals surface area contributed by atoms with Crippen LogP contribution in [-0.4, -0.2) is 65.8 Å². The van der Waals surface area contributed by atoms with E-state index in [0.29, 0.717) is 25.8 Å². The molecule has 3 heterocycles. The van der Waals surface area contributed by atoms with Crippen LogP contribution < -0.4 is 10.5 Å². The molecule has 2 N–H and O–H groups in total. The van der Waals surface area contributed by atoms with Crippen molar-refractivity contribution < 1.29 is 13.9 Å². The molecule has 3 fully saturated rings. The van der Waals surface area contributed by atoms with Crippen LogP contribution in [0.1, 0.15) is 31.0 Å². The van der Waals surface area contributed by atoms with E-state index < -0.39 is 6.17 Å². The first-order valence-corrected chi connectivity index (χ1v) is 9.02. The summed E-state index contributed by atoms with van der Waals surface area (Å²) in [6.45, 7) is 4.69. The number of nitrogens with zero attached hydrogens (tertiary/aromatic N) is 3. The van der Waals surface area contributed by atoms with Gasteiger partial charge in [0, 0.05) is 25.0 Å². The minimum atomic E-state index is -0.903. The molecule has 2 aliphatic heterocycles. The van der Waals surface area contributed by atoms with Gasteiger partial charge in [-0.1, -0.05) is 0 Å². The van der Waals surface area contributed by atoms with Crippen molar-refractivity contribution in [2.24, 2.45) is 11.7 Å². The number of aryl methyl sites for hydroxylation is 1. The average Bonchev–Trinajstić information content (AvgIpc) is 3.15. The quantitative estimate of drug-likeness (QED) is 0.876. The van der Waals surface area contributed by atoms with Gasteiger partial charge in [0.2, 0.25) is 0 Å². The summed E-state index contributed by atoms with van der Waals surface area (Å²) in [7, 11) is 0. The third-order valence-corrected chi connectivity index (χ3v) is 5.75. The number of ether oxygens (including phenoxy) is 2. The van der Waals surface area contributed by atoms with E-state index in [4.69, 9.17) is 15.2 Å². The van der Waals surface area contributed by atoms with Gasteiger partial charge in [-0.3, -0.25) is 9.58 Å². The maximum Gasteiger partial charge on any atom is 0.160 e. The first-order valence-electron chi connectivity index (χ1n) is 9.02. The van der Waals surface area contributed by atoms with E-state index in [1.165, 1.54) is 19.3 Å². The van der Waals surface area contributed by atoms with Gasteiger partial charge in [0.15, 0.2) is 5.75 Å². The van der Waals surface area contributed by atoms with Gasteiger partial charge >= 0.3 is 0 Å². The van der Waals surface area contributed by atoms with Gasteiger partial charge in [0.05, 0.1) is 38.1 Å². The van der Waals surface area contributed by atoms with Crippen molar-refractivity contribution in [3.8, 4) is 5.75 Å². The van der Waals surface area contributed by atoms with Crippen molar-refractivity contribution in [3.63, 3.8) is 0 Å². The zero-order valence-corrected chi connectivity index (χ0v) is 14.2. The molecule has 0 spiro atoms. The lowest BCUT2D eigenvalue weighted by Gasteiger charge is -2.25. The second kappa shape index (κ2) is 6.61.